The van der Waals surface area contributed by atoms with Crippen LogP contribution in [-0.2, 0) is 9.47 Å². The fourth-order valence-electron chi connectivity index (χ4n) is 4.56. The zero-order valence-corrected chi connectivity index (χ0v) is 22.6. The van der Waals surface area contributed by atoms with E-state index in [2.05, 4.69) is 10.00 Å². The Morgan fingerprint density at radius 2 is 1.76 bits per heavy atom. The van der Waals surface area contributed by atoms with Gasteiger partial charge in [0.2, 0.25) is 0 Å². The highest BCUT2D eigenvalue weighted by atomic mass is 35.5. The molecular formula is C28H30ClN4O4S-. The van der Waals surface area contributed by atoms with Crippen molar-refractivity contribution in [3.63, 3.8) is 0 Å². The van der Waals surface area contributed by atoms with Gasteiger partial charge in [-0.1, -0.05) is 78.0 Å². The topological polar surface area (TPSA) is 118 Å². The molecule has 0 aliphatic carbocycles. The quantitative estimate of drug-likeness (QED) is 0.324. The Balaban J connectivity index is 0.00000336. The smallest absolute Gasteiger partial charge is 0.277 e. The molecule has 2 heterocycles. The number of methoxy groups -OCH3 is 1. The predicted octanol–water partition coefficient (Wildman–Crippen LogP) is 4.71. The molecular weight excluding hydrogens is 524 g/mol. The molecule has 1 saturated heterocycles. The highest BCUT2D eigenvalue weighted by Gasteiger charge is 2.23. The lowest BCUT2D eigenvalue weighted by Crippen LogP contribution is -2.44. The molecule has 1 aliphatic heterocycles. The molecule has 8 nitrogen and oxygen atoms in total. The molecule has 0 bridgehead atoms. The summed E-state index contributed by atoms with van der Waals surface area (Å²) < 4.78 is 12.4. The van der Waals surface area contributed by atoms with Crippen molar-refractivity contribution >= 4 is 29.1 Å². The molecule has 3 aromatic carbocycles. The monoisotopic (exact) mass is 553 g/mol. The van der Waals surface area contributed by atoms with Crippen molar-refractivity contribution in [2.45, 2.75) is 21.9 Å². The summed E-state index contributed by atoms with van der Waals surface area (Å²) in [7, 11) is 1.68. The Morgan fingerprint density at radius 3 is 2.47 bits per heavy atom. The lowest BCUT2D eigenvalue weighted by molar-refractivity contribution is -0.284. The van der Waals surface area contributed by atoms with Crippen molar-refractivity contribution in [2.75, 3.05) is 38.3 Å². The van der Waals surface area contributed by atoms with Gasteiger partial charge < -0.3 is 25.6 Å². The van der Waals surface area contributed by atoms with Gasteiger partial charge in [0.1, 0.15) is 0 Å². The normalized spacial score (nSPS) is 16.2. The number of aromatic amines is 1. The fraction of sp³-hybridized carbons (Fsp3) is 0.250. The van der Waals surface area contributed by atoms with Gasteiger partial charge in [-0.2, -0.15) is 0 Å². The van der Waals surface area contributed by atoms with E-state index in [0.29, 0.717) is 23.1 Å². The molecule has 4 aromatic rings. The molecule has 2 atom stereocenters. The maximum Gasteiger partial charge on any atom is 0.277 e. The van der Waals surface area contributed by atoms with Crippen LogP contribution in [0.1, 0.15) is 17.2 Å². The summed E-state index contributed by atoms with van der Waals surface area (Å²) in [6.07, 6.45) is 0.0255. The molecule has 0 spiro atoms. The number of anilines is 1. The number of hydrogen-bond acceptors (Lipinski definition) is 7. The zero-order chi connectivity index (χ0) is 25.8. The molecule has 1 aromatic heterocycles. The summed E-state index contributed by atoms with van der Waals surface area (Å²) >= 11 is 7.37. The Kier molecular flexibility index (Phi) is 9.19. The fourth-order valence-corrected chi connectivity index (χ4v) is 5.67. The summed E-state index contributed by atoms with van der Waals surface area (Å²) in [6, 6.07) is 24.4. The Morgan fingerprint density at radius 1 is 1.08 bits per heavy atom. The van der Waals surface area contributed by atoms with E-state index in [9.17, 15) is 9.90 Å². The summed E-state index contributed by atoms with van der Waals surface area (Å²) in [5.41, 5.74) is 2.40. The highest BCUT2D eigenvalue weighted by Crippen LogP contribution is 2.37. The number of nitrogens with zero attached hydrogens (tertiary/aromatic N) is 2. The molecule has 10 heteroatoms. The number of rotatable bonds is 8. The maximum absolute atomic E-state index is 13.5. The second kappa shape index (κ2) is 12.6. The van der Waals surface area contributed by atoms with Crippen LogP contribution in [0, 0.1) is 0 Å². The number of morpholine rings is 1. The van der Waals surface area contributed by atoms with Crippen molar-refractivity contribution in [1.82, 2.24) is 15.9 Å². The summed E-state index contributed by atoms with van der Waals surface area (Å²) in [5.74, 6) is -0.386. The first kappa shape index (κ1) is 27.8. The van der Waals surface area contributed by atoms with Gasteiger partial charge in [-0.15, -0.1) is 0 Å². The van der Waals surface area contributed by atoms with Crippen LogP contribution in [0.3, 0.4) is 0 Å². The molecule has 0 amide bonds. The molecule has 1 fully saturated rings. The van der Waals surface area contributed by atoms with Crippen molar-refractivity contribution in [3.05, 3.63) is 105 Å². The van der Waals surface area contributed by atoms with Crippen LogP contribution >= 0.6 is 23.4 Å². The summed E-state index contributed by atoms with van der Waals surface area (Å²) in [6.45, 7) is 2.72. The van der Waals surface area contributed by atoms with Crippen molar-refractivity contribution in [1.29, 1.82) is 0 Å². The molecule has 4 N–H and O–H groups in total. The lowest BCUT2D eigenvalue weighted by Gasteiger charge is -2.34. The summed E-state index contributed by atoms with van der Waals surface area (Å²) in [4.78, 5) is 15.9. The minimum Gasteiger partial charge on any atom is -0.858 e. The van der Waals surface area contributed by atoms with E-state index in [1.54, 1.807) is 19.2 Å². The Labute approximate surface area is 230 Å². The van der Waals surface area contributed by atoms with Gasteiger partial charge in [0.05, 0.1) is 35.3 Å². The maximum atomic E-state index is 13.5. The number of ether oxygens (including phenoxy) is 2. The van der Waals surface area contributed by atoms with Crippen molar-refractivity contribution < 1.29 is 14.6 Å². The van der Waals surface area contributed by atoms with Gasteiger partial charge in [0.25, 0.3) is 5.56 Å². The first-order chi connectivity index (χ1) is 18.0. The van der Waals surface area contributed by atoms with E-state index in [-0.39, 0.29) is 23.0 Å². The first-order valence-corrected chi connectivity index (χ1v) is 13.2. The predicted molar refractivity (Wildman–Crippen MR) is 149 cm³/mol. The van der Waals surface area contributed by atoms with Gasteiger partial charge in [-0.05, 0) is 35.4 Å². The zero-order valence-electron chi connectivity index (χ0n) is 21.0. The second-order valence-electron chi connectivity index (χ2n) is 8.78. The molecule has 2 unspecified atom stereocenters. The minimum absolute atomic E-state index is 0. The Hall–Kier alpha value is -3.21. The molecule has 200 valence electrons. The molecule has 5 rings (SSSR count). The molecule has 1 aliphatic rings. The third-order valence-corrected chi connectivity index (χ3v) is 7.91. The number of hydrogen-bond donors (Lipinski definition) is 2. The van der Waals surface area contributed by atoms with Crippen LogP contribution in [0.4, 0.5) is 5.69 Å². The number of benzene rings is 3. The number of H-pyrrole nitrogens is 1. The third kappa shape index (κ3) is 5.92. The van der Waals surface area contributed by atoms with E-state index in [1.165, 1.54) is 4.68 Å². The Bertz CT molecular complexity index is 1390. The molecule has 0 radical (unpaired) electrons. The minimum atomic E-state index is -0.498. The average Bonchev–Trinajstić information content (AvgIpc) is 3.19. The largest absolute Gasteiger partial charge is 0.858 e. The van der Waals surface area contributed by atoms with Gasteiger partial charge in [-0.3, -0.25) is 14.6 Å². The SMILES string of the molecule is COCC1CN(c2ccc(C(c3ccccc3)n3[nH]c(=O)c(Sc4ccccc4Cl)c3[O-])cc2)CCO1.N. The average molecular weight is 554 g/mol. The van der Waals surface area contributed by atoms with Gasteiger partial charge in [0.15, 0.2) is 0 Å². The van der Waals surface area contributed by atoms with E-state index >= 15 is 0 Å². The van der Waals surface area contributed by atoms with E-state index in [4.69, 9.17) is 21.1 Å². The van der Waals surface area contributed by atoms with Crippen LogP contribution in [0.15, 0.2) is 93.4 Å². The molecule has 38 heavy (non-hydrogen) atoms. The van der Waals surface area contributed by atoms with Gasteiger partial charge >= 0.3 is 0 Å². The van der Waals surface area contributed by atoms with Crippen molar-refractivity contribution in [2.24, 2.45) is 0 Å². The third-order valence-electron chi connectivity index (χ3n) is 6.33. The summed E-state index contributed by atoms with van der Waals surface area (Å²) in [5, 5.41) is 16.8. The number of nitrogens with one attached hydrogen (secondary N) is 1. The highest BCUT2D eigenvalue weighted by molar-refractivity contribution is 7.99. The van der Waals surface area contributed by atoms with Crippen LogP contribution in [0.25, 0.3) is 0 Å². The first-order valence-electron chi connectivity index (χ1n) is 12.0. The van der Waals surface area contributed by atoms with E-state index in [0.717, 1.165) is 41.7 Å². The van der Waals surface area contributed by atoms with Crippen LogP contribution in [-0.4, -0.2) is 49.3 Å². The lowest BCUT2D eigenvalue weighted by atomic mass is 9.98. The standard InChI is InChI=1S/C28H28ClN3O4S.H3N/c1-35-18-22-17-31(15-16-36-22)21-13-11-20(12-14-21)25(19-7-3-2-4-8-19)32-28(34)26(27(33)30-32)37-24-10-6-5-9-23(24)29;/h2-14,22,25,34H,15-18H2,1H3,(H,30,33);1H3/p-1. The van der Waals surface area contributed by atoms with Crippen LogP contribution in [0.5, 0.6) is 5.88 Å². The second-order valence-corrected chi connectivity index (χ2v) is 10.2. The van der Waals surface area contributed by atoms with E-state index < -0.39 is 11.6 Å². The van der Waals surface area contributed by atoms with Crippen LogP contribution < -0.4 is 21.7 Å². The number of halogens is 1. The van der Waals surface area contributed by atoms with Gasteiger partial charge in [-0.25, -0.2) is 0 Å². The van der Waals surface area contributed by atoms with Crippen molar-refractivity contribution in [3.8, 4) is 5.88 Å². The van der Waals surface area contributed by atoms with Gasteiger partial charge in [0, 0.05) is 36.7 Å². The molecule has 0 saturated carbocycles. The van der Waals surface area contributed by atoms with E-state index in [1.807, 2.05) is 66.7 Å². The number of aromatic nitrogens is 2. The van der Waals surface area contributed by atoms with Crippen LogP contribution in [0.2, 0.25) is 5.02 Å².